The van der Waals surface area contributed by atoms with Gasteiger partial charge in [0.1, 0.15) is 0 Å². The van der Waals surface area contributed by atoms with Gasteiger partial charge >= 0.3 is 5.97 Å². The molecule has 0 atom stereocenters. The first-order valence-corrected chi connectivity index (χ1v) is 13.9. The first-order valence-electron chi connectivity index (χ1n) is 13.9. The molecule has 3 rings (SSSR count). The zero-order valence-corrected chi connectivity index (χ0v) is 21.3. The largest absolute Gasteiger partial charge is 0.491 e. The molecule has 0 aliphatic heterocycles. The lowest BCUT2D eigenvalue weighted by Gasteiger charge is -2.37. The predicted molar refractivity (Wildman–Crippen MR) is 132 cm³/mol. The first kappa shape index (κ1) is 26.9. The minimum atomic E-state index is -1.16. The van der Waals surface area contributed by atoms with Gasteiger partial charge in [0.05, 0.1) is 12.5 Å². The van der Waals surface area contributed by atoms with Crippen LogP contribution in [0.1, 0.15) is 110 Å². The number of esters is 1. The second-order valence-electron chi connectivity index (χ2n) is 10.5. The molecular weight excluding hydrogens is 434 g/mol. The van der Waals surface area contributed by atoms with E-state index in [2.05, 4.69) is 6.92 Å². The fraction of sp³-hybridized carbons (Fsp3) is 0.759. The number of unbranched alkanes of at least 4 members (excludes halogenated alkanes) is 5. The topological polar surface area (TPSA) is 35.5 Å². The Balaban J connectivity index is 1.36. The van der Waals surface area contributed by atoms with E-state index in [1.54, 1.807) is 6.92 Å². The molecule has 1 aromatic carbocycles. The van der Waals surface area contributed by atoms with E-state index in [1.165, 1.54) is 82.8 Å². The Hall–Kier alpha value is -1.65. The summed E-state index contributed by atoms with van der Waals surface area (Å²) in [5.41, 5.74) is 0. The van der Waals surface area contributed by atoms with Crippen LogP contribution in [0.5, 0.6) is 11.5 Å². The third-order valence-corrected chi connectivity index (χ3v) is 8.15. The van der Waals surface area contributed by atoms with Crippen molar-refractivity contribution in [3.8, 4) is 11.5 Å². The summed E-state index contributed by atoms with van der Waals surface area (Å²) in [5.74, 6) is -1.06. The van der Waals surface area contributed by atoms with Gasteiger partial charge in [0, 0.05) is 0 Å². The first-order chi connectivity index (χ1) is 16.5. The van der Waals surface area contributed by atoms with Crippen LogP contribution in [-0.2, 0) is 4.79 Å². The van der Waals surface area contributed by atoms with Crippen molar-refractivity contribution in [2.45, 2.75) is 110 Å². The Bertz CT molecular complexity index is 750. The molecule has 0 radical (unpaired) electrons. The van der Waals surface area contributed by atoms with Crippen molar-refractivity contribution >= 4 is 5.97 Å². The van der Waals surface area contributed by atoms with Gasteiger partial charge in [-0.25, -0.2) is 0 Å². The summed E-state index contributed by atoms with van der Waals surface area (Å²) >= 11 is 0. The molecule has 2 aliphatic rings. The third kappa shape index (κ3) is 7.68. The van der Waals surface area contributed by atoms with E-state index in [0.29, 0.717) is 5.92 Å². The van der Waals surface area contributed by atoms with Gasteiger partial charge in [-0.3, -0.25) is 4.79 Å². The van der Waals surface area contributed by atoms with Crippen molar-refractivity contribution in [3.63, 3.8) is 0 Å². The summed E-state index contributed by atoms with van der Waals surface area (Å²) in [4.78, 5) is 12.6. The highest BCUT2D eigenvalue weighted by molar-refractivity contribution is 5.75. The second kappa shape index (κ2) is 14.0. The third-order valence-electron chi connectivity index (χ3n) is 8.15. The van der Waals surface area contributed by atoms with Crippen LogP contribution in [0.15, 0.2) is 12.1 Å². The number of halogens is 2. The molecule has 0 bridgehead atoms. The van der Waals surface area contributed by atoms with Gasteiger partial charge in [0.2, 0.25) is 11.6 Å². The number of hydrogen-bond donors (Lipinski definition) is 0. The lowest BCUT2D eigenvalue weighted by atomic mass is 9.68. The van der Waals surface area contributed by atoms with Gasteiger partial charge in [-0.1, -0.05) is 64.7 Å². The van der Waals surface area contributed by atoms with Crippen molar-refractivity contribution < 1.29 is 23.0 Å². The van der Waals surface area contributed by atoms with Crippen LogP contribution in [0, 0.1) is 35.3 Å². The van der Waals surface area contributed by atoms with E-state index in [0.717, 1.165) is 37.5 Å². The van der Waals surface area contributed by atoms with Crippen LogP contribution < -0.4 is 9.47 Å². The van der Waals surface area contributed by atoms with Crippen LogP contribution in [-0.4, -0.2) is 12.6 Å². The van der Waals surface area contributed by atoms with E-state index in [-0.39, 0.29) is 24.0 Å². The van der Waals surface area contributed by atoms with Crippen LogP contribution >= 0.6 is 0 Å². The summed E-state index contributed by atoms with van der Waals surface area (Å²) in [6.07, 6.45) is 18.7. The van der Waals surface area contributed by atoms with E-state index in [9.17, 15) is 13.6 Å². The van der Waals surface area contributed by atoms with Crippen molar-refractivity contribution in [2.75, 3.05) is 6.61 Å². The minimum absolute atomic E-state index is 0.165. The number of carbonyl (C=O) groups is 1. The lowest BCUT2D eigenvalue weighted by Crippen LogP contribution is -2.30. The number of benzene rings is 1. The zero-order chi connectivity index (χ0) is 24.3. The molecule has 0 heterocycles. The summed E-state index contributed by atoms with van der Waals surface area (Å²) in [6.45, 7) is 4.20. The van der Waals surface area contributed by atoms with Crippen molar-refractivity contribution in [3.05, 3.63) is 23.8 Å². The zero-order valence-electron chi connectivity index (χ0n) is 21.3. The second-order valence-corrected chi connectivity index (χ2v) is 10.5. The molecule has 0 spiro atoms. The van der Waals surface area contributed by atoms with Crippen LogP contribution in [0.25, 0.3) is 0 Å². The summed E-state index contributed by atoms with van der Waals surface area (Å²) < 4.78 is 38.6. The Kier molecular flexibility index (Phi) is 11.1. The predicted octanol–water partition coefficient (Wildman–Crippen LogP) is 8.63. The highest BCUT2D eigenvalue weighted by Crippen LogP contribution is 2.42. The maximum atomic E-state index is 14.3. The minimum Gasteiger partial charge on any atom is -0.491 e. The number of rotatable bonds is 12. The maximum Gasteiger partial charge on any atom is 0.314 e. The lowest BCUT2D eigenvalue weighted by molar-refractivity contribution is -0.140. The van der Waals surface area contributed by atoms with Gasteiger partial charge in [0.25, 0.3) is 0 Å². The van der Waals surface area contributed by atoms with E-state index >= 15 is 0 Å². The molecule has 2 aliphatic carbocycles. The maximum absolute atomic E-state index is 14.3. The van der Waals surface area contributed by atoms with E-state index in [4.69, 9.17) is 9.47 Å². The molecule has 1 aromatic rings. The molecule has 0 aromatic heterocycles. The monoisotopic (exact) mass is 478 g/mol. The molecule has 2 fully saturated rings. The quantitative estimate of drug-likeness (QED) is 0.171. The normalized spacial score (nSPS) is 25.2. The molecule has 0 amide bonds. The summed E-state index contributed by atoms with van der Waals surface area (Å²) in [6, 6.07) is 2.58. The van der Waals surface area contributed by atoms with Gasteiger partial charge in [-0.2, -0.15) is 8.78 Å². The average molecular weight is 479 g/mol. The molecule has 2 saturated carbocycles. The van der Waals surface area contributed by atoms with Crippen molar-refractivity contribution in [1.29, 1.82) is 0 Å². The molecule has 34 heavy (non-hydrogen) atoms. The van der Waals surface area contributed by atoms with E-state index in [1.807, 2.05) is 0 Å². The Morgan fingerprint density at radius 3 is 2.00 bits per heavy atom. The molecule has 0 saturated heterocycles. The standard InChI is InChI=1S/C29H44F2O3/c1-3-5-6-7-8-9-10-21-11-13-22(14-12-21)23-15-17-24(18-16-23)29(32)34-26-20-19-25(33-4-2)27(30)28(26)31/h19-24H,3-18H2,1-2H3/t21-,22-,23-,24-. The van der Waals surface area contributed by atoms with Crippen LogP contribution in [0.4, 0.5) is 8.78 Å². The summed E-state index contributed by atoms with van der Waals surface area (Å²) in [7, 11) is 0. The SMILES string of the molecule is CCCCCCCC[C@H]1CC[C@H]([C@H]2CC[C@H](C(=O)Oc3ccc(OCC)c(F)c3F)CC2)CC1. The number of carbonyl (C=O) groups excluding carboxylic acids is 1. The summed E-state index contributed by atoms with van der Waals surface area (Å²) in [5, 5.41) is 0. The molecule has 3 nitrogen and oxygen atoms in total. The van der Waals surface area contributed by atoms with E-state index < -0.39 is 17.6 Å². The molecule has 5 heteroatoms. The Labute approximate surface area is 205 Å². The molecule has 192 valence electrons. The molecule has 0 unspecified atom stereocenters. The van der Waals surface area contributed by atoms with Crippen LogP contribution in [0.2, 0.25) is 0 Å². The Morgan fingerprint density at radius 1 is 0.794 bits per heavy atom. The fourth-order valence-electron chi connectivity index (χ4n) is 6.04. The van der Waals surface area contributed by atoms with Crippen molar-refractivity contribution in [1.82, 2.24) is 0 Å². The molecule has 0 N–H and O–H groups in total. The Morgan fingerprint density at radius 2 is 1.35 bits per heavy atom. The van der Waals surface area contributed by atoms with Gasteiger partial charge in [-0.15, -0.1) is 0 Å². The van der Waals surface area contributed by atoms with Gasteiger partial charge in [-0.05, 0) is 75.3 Å². The number of ether oxygens (including phenoxy) is 2. The molecular formula is C29H44F2O3. The number of hydrogen-bond acceptors (Lipinski definition) is 3. The van der Waals surface area contributed by atoms with Crippen LogP contribution in [0.3, 0.4) is 0 Å². The van der Waals surface area contributed by atoms with Gasteiger partial charge < -0.3 is 9.47 Å². The smallest absolute Gasteiger partial charge is 0.314 e. The average Bonchev–Trinajstić information content (AvgIpc) is 2.86. The van der Waals surface area contributed by atoms with Crippen molar-refractivity contribution in [2.24, 2.45) is 23.7 Å². The highest BCUT2D eigenvalue weighted by atomic mass is 19.2. The fourth-order valence-corrected chi connectivity index (χ4v) is 6.04. The van der Waals surface area contributed by atoms with Gasteiger partial charge in [0.15, 0.2) is 11.5 Å². The highest BCUT2D eigenvalue weighted by Gasteiger charge is 2.34.